The molecule has 0 spiro atoms. The number of carboxylic acids is 1. The normalized spacial score (nSPS) is 16.2. The Bertz CT molecular complexity index is 137. The Labute approximate surface area is 62.8 Å². The fraction of sp³-hybridized carbons (Fsp3) is 0.500. The molecule has 0 amide bonds. The van der Waals surface area contributed by atoms with E-state index in [1.807, 2.05) is 0 Å². The predicted octanol–water partition coefficient (Wildman–Crippen LogP) is -0.571. The largest absolute Gasteiger partial charge is 0.473 e. The lowest BCUT2D eigenvalue weighted by atomic mass is 10.6. The van der Waals surface area contributed by atoms with Crippen LogP contribution < -0.4 is 0 Å². The Balaban J connectivity index is 4.38. The topological polar surface area (TPSA) is 101 Å². The molecular formula is C2H2INO5. The molecule has 2 N–H and O–H groups in total. The van der Waals surface area contributed by atoms with Crippen LogP contribution in [0.15, 0.2) is 0 Å². The number of hydrogen-bond donors (Lipinski definition) is 2. The smallest absolute Gasteiger partial charge is 0.468 e. The van der Waals surface area contributed by atoms with E-state index in [4.69, 9.17) is 10.2 Å². The van der Waals surface area contributed by atoms with E-state index in [1.165, 1.54) is 0 Å². The summed E-state index contributed by atoms with van der Waals surface area (Å²) < 4.78 is -2.89. The van der Waals surface area contributed by atoms with Gasteiger partial charge in [0.1, 0.15) is 0 Å². The van der Waals surface area contributed by atoms with Crippen LogP contribution in [0.3, 0.4) is 0 Å². The van der Waals surface area contributed by atoms with Crippen LogP contribution in [0.5, 0.6) is 0 Å². The number of alkyl halides is 1. The second-order valence-corrected chi connectivity index (χ2v) is 2.65. The van der Waals surface area contributed by atoms with Crippen molar-refractivity contribution < 1.29 is 19.9 Å². The Morgan fingerprint density at radius 3 is 2.11 bits per heavy atom. The van der Waals surface area contributed by atoms with Crippen LogP contribution >= 0.6 is 22.6 Å². The molecule has 0 aromatic rings. The molecule has 0 saturated carbocycles. The predicted molar refractivity (Wildman–Crippen MR) is 33.6 cm³/mol. The fourth-order valence-corrected chi connectivity index (χ4v) is 0.0781. The van der Waals surface area contributed by atoms with Crippen molar-refractivity contribution in [2.24, 2.45) is 0 Å². The van der Waals surface area contributed by atoms with Crippen molar-refractivity contribution in [1.82, 2.24) is 0 Å². The molecule has 0 aliphatic carbocycles. The first kappa shape index (κ1) is 8.56. The van der Waals surface area contributed by atoms with Crippen LogP contribution in [0.4, 0.5) is 0 Å². The Kier molecular flexibility index (Phi) is 2.32. The second-order valence-electron chi connectivity index (χ2n) is 1.15. The zero-order chi connectivity index (χ0) is 7.65. The number of aliphatic carboxylic acids is 1. The molecule has 9 heavy (non-hydrogen) atoms. The molecule has 1 atom stereocenters. The highest BCUT2D eigenvalue weighted by Gasteiger charge is 2.46. The van der Waals surface area contributed by atoms with Gasteiger partial charge in [-0.2, -0.15) is 0 Å². The zero-order valence-corrected chi connectivity index (χ0v) is 6.10. The Morgan fingerprint density at radius 1 is 1.78 bits per heavy atom. The maximum atomic E-state index is 9.76. The minimum absolute atomic E-state index is 0.813. The summed E-state index contributed by atoms with van der Waals surface area (Å²) in [4.78, 5) is 18.1. The van der Waals surface area contributed by atoms with Crippen molar-refractivity contribution >= 4 is 28.6 Å². The number of nitrogens with zero attached hydrogens (tertiary/aromatic N) is 1. The van der Waals surface area contributed by atoms with Crippen LogP contribution in [0.1, 0.15) is 0 Å². The molecule has 1 unspecified atom stereocenters. The SMILES string of the molecule is O=C(O)C(O)(I)[N+](=O)[O-]. The van der Waals surface area contributed by atoms with E-state index in [1.54, 1.807) is 0 Å². The minimum Gasteiger partial charge on any atom is -0.473 e. The molecule has 0 saturated heterocycles. The van der Waals surface area contributed by atoms with Gasteiger partial charge in [-0.15, -0.1) is 0 Å². The molecule has 0 aliphatic heterocycles. The molecule has 0 aliphatic rings. The Hall–Kier alpha value is -0.440. The average Bonchev–Trinajstić information content (AvgIpc) is 1.65. The number of halogens is 1. The lowest BCUT2D eigenvalue weighted by Crippen LogP contribution is -2.39. The molecule has 0 rings (SSSR count). The van der Waals surface area contributed by atoms with Gasteiger partial charge in [0.15, 0.2) is 0 Å². The first-order valence-electron chi connectivity index (χ1n) is 1.68. The standard InChI is InChI=1S/C2H2INO5/c3-2(7,1(5)6)4(8)9/h7H,(H,5,6). The van der Waals surface area contributed by atoms with Crippen molar-refractivity contribution in [3.63, 3.8) is 0 Å². The van der Waals surface area contributed by atoms with E-state index >= 15 is 0 Å². The highest BCUT2D eigenvalue weighted by Crippen LogP contribution is 2.14. The quantitative estimate of drug-likeness (QED) is 0.170. The van der Waals surface area contributed by atoms with Gasteiger partial charge in [-0.05, 0) is 0 Å². The van der Waals surface area contributed by atoms with Crippen LogP contribution in [0.2, 0.25) is 0 Å². The number of nitro groups is 1. The van der Waals surface area contributed by atoms with Gasteiger partial charge in [0.25, 0.3) is 0 Å². The summed E-state index contributed by atoms with van der Waals surface area (Å²) in [5.74, 6) is -1.88. The van der Waals surface area contributed by atoms with Crippen molar-refractivity contribution in [1.29, 1.82) is 0 Å². The molecule has 0 fully saturated rings. The van der Waals surface area contributed by atoms with Gasteiger partial charge in [-0.25, -0.2) is 4.79 Å². The van der Waals surface area contributed by atoms with Crippen molar-refractivity contribution in [3.05, 3.63) is 10.1 Å². The molecule has 7 heteroatoms. The monoisotopic (exact) mass is 247 g/mol. The van der Waals surface area contributed by atoms with Gasteiger partial charge in [-0.3, -0.25) is 10.1 Å². The summed E-state index contributed by atoms with van der Waals surface area (Å²) in [7, 11) is 0. The third-order valence-corrected chi connectivity index (χ3v) is 1.37. The third kappa shape index (κ3) is 1.75. The number of hydrogen-bond acceptors (Lipinski definition) is 4. The fourth-order valence-electron chi connectivity index (χ4n) is 0.0781. The van der Waals surface area contributed by atoms with Crippen LogP contribution in [-0.2, 0) is 4.79 Å². The van der Waals surface area contributed by atoms with E-state index in [2.05, 4.69) is 0 Å². The molecule has 52 valence electrons. The van der Waals surface area contributed by atoms with E-state index in [0.29, 0.717) is 0 Å². The van der Waals surface area contributed by atoms with Crippen LogP contribution in [0.25, 0.3) is 0 Å². The van der Waals surface area contributed by atoms with Gasteiger partial charge in [-0.1, -0.05) is 0 Å². The maximum absolute atomic E-state index is 9.76. The minimum atomic E-state index is -2.89. The van der Waals surface area contributed by atoms with Gasteiger partial charge >= 0.3 is 9.70 Å². The molecule has 0 aromatic heterocycles. The summed E-state index contributed by atoms with van der Waals surface area (Å²) in [6.45, 7) is 0. The van der Waals surface area contributed by atoms with E-state index in [0.717, 1.165) is 22.6 Å². The van der Waals surface area contributed by atoms with Gasteiger partial charge in [0.05, 0.1) is 27.5 Å². The van der Waals surface area contributed by atoms with Gasteiger partial charge in [0, 0.05) is 0 Å². The van der Waals surface area contributed by atoms with Gasteiger partial charge < -0.3 is 10.2 Å². The maximum Gasteiger partial charge on any atom is 0.468 e. The second kappa shape index (κ2) is 2.43. The average molecular weight is 247 g/mol. The molecule has 0 bridgehead atoms. The first-order chi connectivity index (χ1) is 3.89. The van der Waals surface area contributed by atoms with E-state index < -0.39 is 14.6 Å². The van der Waals surface area contributed by atoms with E-state index in [-0.39, 0.29) is 0 Å². The summed E-state index contributed by atoms with van der Waals surface area (Å²) in [5, 5.41) is 25.9. The van der Waals surface area contributed by atoms with Crippen molar-refractivity contribution in [3.8, 4) is 0 Å². The van der Waals surface area contributed by atoms with E-state index in [9.17, 15) is 14.9 Å². The number of rotatable bonds is 2. The lowest BCUT2D eigenvalue weighted by Gasteiger charge is -2.03. The number of carbonyl (C=O) groups is 1. The summed E-state index contributed by atoms with van der Waals surface area (Å²) >= 11 is 0.813. The highest BCUT2D eigenvalue weighted by atomic mass is 127. The number of carboxylic acid groups (broad SMARTS) is 1. The summed E-state index contributed by atoms with van der Waals surface area (Å²) in [6.07, 6.45) is 0. The number of aliphatic hydroxyl groups is 1. The van der Waals surface area contributed by atoms with Crippen molar-refractivity contribution in [2.45, 2.75) is 3.73 Å². The van der Waals surface area contributed by atoms with Gasteiger partial charge in [0.2, 0.25) is 0 Å². The highest BCUT2D eigenvalue weighted by molar-refractivity contribution is 14.1. The molecular weight excluding hydrogens is 245 g/mol. The van der Waals surface area contributed by atoms with Crippen LogP contribution in [0, 0.1) is 10.1 Å². The lowest BCUT2D eigenvalue weighted by molar-refractivity contribution is -0.564. The first-order valence-corrected chi connectivity index (χ1v) is 2.76. The third-order valence-electron chi connectivity index (χ3n) is 0.514. The molecule has 0 heterocycles. The molecule has 6 nitrogen and oxygen atoms in total. The summed E-state index contributed by atoms with van der Waals surface area (Å²) in [5.41, 5.74) is 0. The summed E-state index contributed by atoms with van der Waals surface area (Å²) in [6, 6.07) is 0. The van der Waals surface area contributed by atoms with Crippen LogP contribution in [-0.4, -0.2) is 24.8 Å². The zero-order valence-electron chi connectivity index (χ0n) is 3.94. The Morgan fingerprint density at radius 2 is 2.11 bits per heavy atom. The van der Waals surface area contributed by atoms with Crippen molar-refractivity contribution in [2.75, 3.05) is 0 Å². The molecule has 0 aromatic carbocycles. The molecule has 0 radical (unpaired) electrons.